The van der Waals surface area contributed by atoms with E-state index in [2.05, 4.69) is 59.2 Å². The smallest absolute Gasteiger partial charge is 0.139 e. The second-order valence-electron chi connectivity index (χ2n) is 5.65. The maximum Gasteiger partial charge on any atom is 0.139 e. The molecular weight excluding hydrogens is 236 g/mol. The Morgan fingerprint density at radius 3 is 2.33 bits per heavy atom. The number of hydrogen-bond acceptors (Lipinski definition) is 1. The Balaban J connectivity index is 2.56. The number of rotatable bonds is 3. The molecule has 2 aromatic rings. The second-order valence-corrected chi connectivity index (χ2v) is 10.7. The summed E-state index contributed by atoms with van der Waals surface area (Å²) in [5, 5.41) is 0. The van der Waals surface area contributed by atoms with Crippen LogP contribution in [-0.4, -0.2) is 17.6 Å². The summed E-state index contributed by atoms with van der Waals surface area (Å²) in [5.74, 6) is 1.05. The molecule has 0 aliphatic carbocycles. The van der Waals surface area contributed by atoms with Crippen LogP contribution in [0.3, 0.4) is 0 Å². The van der Waals surface area contributed by atoms with E-state index in [1.807, 2.05) is 25.5 Å². The third-order valence-electron chi connectivity index (χ3n) is 2.72. The molecule has 0 saturated carbocycles. The number of hydrogen-bond donors (Lipinski definition) is 0. The van der Waals surface area contributed by atoms with Crippen molar-refractivity contribution in [2.45, 2.75) is 19.6 Å². The fourth-order valence-corrected chi connectivity index (χ4v) is 3.11. The Hall–Kier alpha value is -1.61. The van der Waals surface area contributed by atoms with Gasteiger partial charge in [-0.05, 0) is 5.56 Å². The van der Waals surface area contributed by atoms with Gasteiger partial charge in [-0.1, -0.05) is 55.7 Å². The lowest BCUT2D eigenvalue weighted by Crippen LogP contribution is -2.17. The molecule has 0 saturated heterocycles. The maximum absolute atomic E-state index is 4.49. The highest BCUT2D eigenvalue weighted by molar-refractivity contribution is 6.81. The quantitative estimate of drug-likeness (QED) is 0.765. The Morgan fingerprint density at radius 2 is 1.83 bits per heavy atom. The number of imidazole rings is 1. The minimum atomic E-state index is -1.30. The summed E-state index contributed by atoms with van der Waals surface area (Å²) in [7, 11) is 0.747. The number of aromatic nitrogens is 2. The van der Waals surface area contributed by atoms with Crippen LogP contribution in [0.25, 0.3) is 5.57 Å². The van der Waals surface area contributed by atoms with E-state index in [0.717, 1.165) is 5.82 Å². The molecule has 94 valence electrons. The molecule has 3 heteroatoms. The zero-order chi connectivity index (χ0) is 13.2. The number of nitrogens with zero attached hydrogens (tertiary/aromatic N) is 2. The van der Waals surface area contributed by atoms with Crippen LogP contribution >= 0.6 is 0 Å². The van der Waals surface area contributed by atoms with Crippen molar-refractivity contribution >= 4 is 13.6 Å². The molecule has 0 fully saturated rings. The Kier molecular flexibility index (Phi) is 3.52. The summed E-state index contributed by atoms with van der Waals surface area (Å²) < 4.78 is 2.08. The first kappa shape index (κ1) is 12.8. The molecule has 0 radical (unpaired) electrons. The van der Waals surface area contributed by atoms with Crippen molar-refractivity contribution < 1.29 is 0 Å². The highest BCUT2D eigenvalue weighted by Crippen LogP contribution is 2.24. The van der Waals surface area contributed by atoms with Crippen LogP contribution in [-0.2, 0) is 7.05 Å². The van der Waals surface area contributed by atoms with E-state index >= 15 is 0 Å². The molecule has 0 bridgehead atoms. The van der Waals surface area contributed by atoms with Gasteiger partial charge in [0.05, 0.1) is 8.07 Å². The van der Waals surface area contributed by atoms with Gasteiger partial charge in [-0.3, -0.25) is 0 Å². The van der Waals surface area contributed by atoms with E-state index in [1.54, 1.807) is 0 Å². The lowest BCUT2D eigenvalue weighted by molar-refractivity contribution is 0.891. The molecule has 18 heavy (non-hydrogen) atoms. The highest BCUT2D eigenvalue weighted by Gasteiger charge is 2.16. The van der Waals surface area contributed by atoms with Crippen LogP contribution in [0.5, 0.6) is 0 Å². The highest BCUT2D eigenvalue weighted by atomic mass is 28.3. The van der Waals surface area contributed by atoms with E-state index in [0.29, 0.717) is 0 Å². The van der Waals surface area contributed by atoms with Gasteiger partial charge in [-0.2, -0.15) is 0 Å². The summed E-state index contributed by atoms with van der Waals surface area (Å²) >= 11 is 0. The summed E-state index contributed by atoms with van der Waals surface area (Å²) in [6.45, 7) is 7.04. The van der Waals surface area contributed by atoms with Crippen molar-refractivity contribution in [1.29, 1.82) is 0 Å². The molecule has 1 aromatic heterocycles. The third-order valence-corrected chi connectivity index (χ3v) is 3.88. The van der Waals surface area contributed by atoms with E-state index in [4.69, 9.17) is 0 Å². The Labute approximate surface area is 110 Å². The van der Waals surface area contributed by atoms with Crippen LogP contribution in [0.15, 0.2) is 48.4 Å². The predicted molar refractivity (Wildman–Crippen MR) is 80.1 cm³/mol. The minimum Gasteiger partial charge on any atom is -0.334 e. The standard InChI is InChI=1S/C15H20N2Si/c1-17-11-10-16-15(17)14(12-18(2,3)4)13-8-6-5-7-9-13/h5-12H,1-4H3/b14-12+. The van der Waals surface area contributed by atoms with Crippen LogP contribution in [0.4, 0.5) is 0 Å². The minimum absolute atomic E-state index is 1.05. The van der Waals surface area contributed by atoms with Crippen LogP contribution in [0.2, 0.25) is 19.6 Å². The molecule has 2 nitrogen and oxygen atoms in total. The molecule has 0 N–H and O–H groups in total. The van der Waals surface area contributed by atoms with E-state index in [9.17, 15) is 0 Å². The van der Waals surface area contributed by atoms with Gasteiger partial charge in [-0.15, -0.1) is 0 Å². The summed E-state index contributed by atoms with van der Waals surface area (Å²) in [6, 6.07) is 10.5. The van der Waals surface area contributed by atoms with Crippen LogP contribution < -0.4 is 0 Å². The molecule has 0 aliphatic heterocycles. The molecule has 1 heterocycles. The maximum atomic E-state index is 4.49. The third kappa shape index (κ3) is 2.99. The molecule has 0 unspecified atom stereocenters. The zero-order valence-corrected chi connectivity index (χ0v) is 12.5. The Morgan fingerprint density at radius 1 is 1.17 bits per heavy atom. The van der Waals surface area contributed by atoms with Crippen LogP contribution in [0.1, 0.15) is 11.4 Å². The first-order chi connectivity index (χ1) is 8.47. The van der Waals surface area contributed by atoms with Crippen molar-refractivity contribution in [2.24, 2.45) is 7.05 Å². The van der Waals surface area contributed by atoms with Crippen molar-refractivity contribution in [2.75, 3.05) is 0 Å². The fourth-order valence-electron chi connectivity index (χ4n) is 1.95. The van der Waals surface area contributed by atoms with E-state index in [1.165, 1.54) is 11.1 Å². The molecule has 2 rings (SSSR count). The Bertz CT molecular complexity index is 547. The summed E-state index contributed by atoms with van der Waals surface area (Å²) in [6.07, 6.45) is 3.85. The van der Waals surface area contributed by atoms with Crippen molar-refractivity contribution in [1.82, 2.24) is 9.55 Å². The summed E-state index contributed by atoms with van der Waals surface area (Å²) in [4.78, 5) is 4.49. The van der Waals surface area contributed by atoms with Crippen molar-refractivity contribution in [3.8, 4) is 0 Å². The molecule has 0 aliphatic rings. The van der Waals surface area contributed by atoms with Gasteiger partial charge in [0.2, 0.25) is 0 Å². The monoisotopic (exact) mass is 256 g/mol. The van der Waals surface area contributed by atoms with Gasteiger partial charge in [0, 0.05) is 25.0 Å². The molecule has 0 amide bonds. The molecular formula is C15H20N2Si. The average molecular weight is 256 g/mol. The van der Waals surface area contributed by atoms with Gasteiger partial charge in [0.15, 0.2) is 0 Å². The predicted octanol–water partition coefficient (Wildman–Crippen LogP) is 3.73. The number of aryl methyl sites for hydroxylation is 1. The second kappa shape index (κ2) is 4.94. The largest absolute Gasteiger partial charge is 0.334 e. The zero-order valence-electron chi connectivity index (χ0n) is 11.5. The first-order valence-corrected chi connectivity index (χ1v) is 9.81. The van der Waals surface area contributed by atoms with Gasteiger partial charge >= 0.3 is 0 Å². The SMILES string of the molecule is Cn1ccnc1/C(=C/[Si](C)(C)C)c1ccccc1. The van der Waals surface area contributed by atoms with Crippen molar-refractivity contribution in [3.63, 3.8) is 0 Å². The van der Waals surface area contributed by atoms with Gasteiger partial charge in [0.1, 0.15) is 5.82 Å². The molecule has 0 atom stereocenters. The van der Waals surface area contributed by atoms with E-state index in [-0.39, 0.29) is 0 Å². The fraction of sp³-hybridized carbons (Fsp3) is 0.267. The molecule has 0 spiro atoms. The van der Waals surface area contributed by atoms with Crippen molar-refractivity contribution in [3.05, 3.63) is 59.8 Å². The van der Waals surface area contributed by atoms with Gasteiger partial charge in [0.25, 0.3) is 0 Å². The lowest BCUT2D eigenvalue weighted by Gasteiger charge is -2.15. The summed E-state index contributed by atoms with van der Waals surface area (Å²) in [5.41, 5.74) is 4.92. The number of benzene rings is 1. The normalized spacial score (nSPS) is 12.8. The van der Waals surface area contributed by atoms with E-state index < -0.39 is 8.07 Å². The van der Waals surface area contributed by atoms with Crippen LogP contribution in [0, 0.1) is 0 Å². The first-order valence-electron chi connectivity index (χ1n) is 6.23. The lowest BCUT2D eigenvalue weighted by atomic mass is 10.1. The molecule has 1 aromatic carbocycles. The topological polar surface area (TPSA) is 17.8 Å². The van der Waals surface area contributed by atoms with Gasteiger partial charge in [-0.25, -0.2) is 4.98 Å². The average Bonchev–Trinajstić information content (AvgIpc) is 2.72. The van der Waals surface area contributed by atoms with Gasteiger partial charge < -0.3 is 4.57 Å².